The Balaban J connectivity index is 1.34. The van der Waals surface area contributed by atoms with E-state index in [9.17, 15) is 9.00 Å². The number of piperidine rings is 1. The molecule has 1 amide bonds. The van der Waals surface area contributed by atoms with Gasteiger partial charge in [-0.3, -0.25) is 9.00 Å². The van der Waals surface area contributed by atoms with E-state index >= 15 is 0 Å². The van der Waals surface area contributed by atoms with Gasteiger partial charge in [0.15, 0.2) is 0 Å². The summed E-state index contributed by atoms with van der Waals surface area (Å²) in [5, 5.41) is 2.73. The Morgan fingerprint density at radius 3 is 2.90 bits per heavy atom. The van der Waals surface area contributed by atoms with Crippen molar-refractivity contribution in [2.75, 3.05) is 32.0 Å². The Kier molecular flexibility index (Phi) is 9.11. The van der Waals surface area contributed by atoms with E-state index in [4.69, 9.17) is 9.15 Å². The van der Waals surface area contributed by atoms with Gasteiger partial charge in [-0.05, 0) is 49.6 Å². The molecule has 8 heteroatoms. The maximum atomic E-state index is 11.9. The molecule has 0 aromatic carbocycles. The SMILES string of the molecule is O=C(C[S@@](=O)Cc1ccco1)NC/C=C\COc1ncccc1C[NH+]1CCCCC1. The molecule has 0 radical (unpaired) electrons. The van der Waals surface area contributed by atoms with Crippen molar-refractivity contribution in [3.63, 3.8) is 0 Å². The minimum Gasteiger partial charge on any atom is -0.473 e. The van der Waals surface area contributed by atoms with Crippen molar-refractivity contribution in [1.29, 1.82) is 0 Å². The van der Waals surface area contributed by atoms with Gasteiger partial charge in [-0.2, -0.15) is 0 Å². The Hall–Kier alpha value is -2.45. The van der Waals surface area contributed by atoms with Crippen LogP contribution >= 0.6 is 0 Å². The van der Waals surface area contributed by atoms with Crippen LogP contribution in [0.15, 0.2) is 53.3 Å². The third kappa shape index (κ3) is 7.76. The van der Waals surface area contributed by atoms with E-state index in [1.807, 2.05) is 18.2 Å². The maximum Gasteiger partial charge on any atom is 0.232 e. The van der Waals surface area contributed by atoms with Crippen molar-refractivity contribution in [2.24, 2.45) is 0 Å². The number of quaternary nitrogens is 1. The van der Waals surface area contributed by atoms with Crippen LogP contribution in [0.4, 0.5) is 0 Å². The summed E-state index contributed by atoms with van der Waals surface area (Å²) >= 11 is 0. The van der Waals surface area contributed by atoms with Crippen molar-refractivity contribution in [3.05, 3.63) is 60.2 Å². The molecule has 7 nitrogen and oxygen atoms in total. The lowest BCUT2D eigenvalue weighted by molar-refractivity contribution is -0.918. The standard InChI is InChI=1S/C22H29N3O4S/c26-21(18-30(27)17-20-9-7-15-28-20)23-10-2-5-14-29-22-19(8-6-11-24-22)16-25-12-3-1-4-13-25/h2,5-9,11,15H,1,3-4,10,12-14,16-18H2,(H,23,26)/p+1/b5-2-/t30-/m0/s1. The molecule has 1 aliphatic rings. The zero-order chi connectivity index (χ0) is 21.0. The average molecular weight is 433 g/mol. The van der Waals surface area contributed by atoms with Crippen molar-refractivity contribution < 1.29 is 23.1 Å². The summed E-state index contributed by atoms with van der Waals surface area (Å²) in [4.78, 5) is 17.8. The number of hydrogen-bond donors (Lipinski definition) is 2. The molecule has 2 aromatic heterocycles. The topological polar surface area (TPSA) is 85.9 Å². The first-order valence-electron chi connectivity index (χ1n) is 10.4. The molecule has 1 fully saturated rings. The molecule has 1 saturated heterocycles. The molecule has 0 unspecified atom stereocenters. The summed E-state index contributed by atoms with van der Waals surface area (Å²) < 4.78 is 22.9. The normalized spacial score (nSPS) is 15.9. The van der Waals surface area contributed by atoms with Crippen LogP contribution in [-0.4, -0.2) is 47.1 Å². The lowest BCUT2D eigenvalue weighted by Crippen LogP contribution is -3.11. The van der Waals surface area contributed by atoms with E-state index in [2.05, 4.69) is 16.4 Å². The first-order chi connectivity index (χ1) is 14.7. The van der Waals surface area contributed by atoms with Crippen LogP contribution in [0.1, 0.15) is 30.6 Å². The minimum atomic E-state index is -1.28. The highest BCUT2D eigenvalue weighted by Gasteiger charge is 2.16. The highest BCUT2D eigenvalue weighted by Crippen LogP contribution is 2.13. The quantitative estimate of drug-likeness (QED) is 0.522. The zero-order valence-corrected chi connectivity index (χ0v) is 18.0. The van der Waals surface area contributed by atoms with Crippen LogP contribution in [0.2, 0.25) is 0 Å². The summed E-state index contributed by atoms with van der Waals surface area (Å²) in [6.07, 6.45) is 10.9. The molecular formula is C22H30N3O4S+. The molecule has 3 heterocycles. The fraction of sp³-hybridized carbons (Fsp3) is 0.455. The first kappa shape index (κ1) is 22.2. The van der Waals surface area contributed by atoms with Gasteiger partial charge in [-0.15, -0.1) is 0 Å². The Labute approximate surface area is 180 Å². The molecule has 0 aliphatic carbocycles. The number of hydrogen-bond acceptors (Lipinski definition) is 5. The van der Waals surface area contributed by atoms with Crippen LogP contribution in [0, 0.1) is 0 Å². The Morgan fingerprint density at radius 1 is 1.23 bits per heavy atom. The van der Waals surface area contributed by atoms with E-state index in [-0.39, 0.29) is 17.4 Å². The van der Waals surface area contributed by atoms with Gasteiger partial charge in [0.05, 0.1) is 30.7 Å². The van der Waals surface area contributed by atoms with Crippen molar-refractivity contribution in [2.45, 2.75) is 31.6 Å². The van der Waals surface area contributed by atoms with Gasteiger partial charge >= 0.3 is 0 Å². The number of nitrogens with one attached hydrogen (secondary N) is 2. The lowest BCUT2D eigenvalue weighted by Gasteiger charge is -2.24. The van der Waals surface area contributed by atoms with Crippen LogP contribution in [-0.2, 0) is 27.9 Å². The van der Waals surface area contributed by atoms with Crippen molar-refractivity contribution in [3.8, 4) is 5.88 Å². The summed E-state index contributed by atoms with van der Waals surface area (Å²) in [5.41, 5.74) is 1.13. The van der Waals surface area contributed by atoms with Crippen LogP contribution in [0.5, 0.6) is 5.88 Å². The van der Waals surface area contributed by atoms with Gasteiger partial charge in [0, 0.05) is 23.5 Å². The van der Waals surface area contributed by atoms with E-state index in [1.165, 1.54) is 38.6 Å². The summed E-state index contributed by atoms with van der Waals surface area (Å²) in [6.45, 7) is 4.12. The van der Waals surface area contributed by atoms with Gasteiger partial charge < -0.3 is 19.4 Å². The number of rotatable bonds is 11. The predicted octanol–water partition coefficient (Wildman–Crippen LogP) is 1.24. The maximum absolute atomic E-state index is 11.9. The second kappa shape index (κ2) is 12.3. The van der Waals surface area contributed by atoms with E-state index in [0.717, 1.165) is 12.1 Å². The second-order valence-electron chi connectivity index (χ2n) is 7.35. The Bertz CT molecular complexity index is 833. The molecule has 2 aromatic rings. The summed E-state index contributed by atoms with van der Waals surface area (Å²) in [5.74, 6) is 1.25. The number of likely N-dealkylation sites (tertiary alicyclic amines) is 1. The zero-order valence-electron chi connectivity index (χ0n) is 17.2. The summed E-state index contributed by atoms with van der Waals surface area (Å²) in [7, 11) is -1.28. The average Bonchev–Trinajstić information content (AvgIpc) is 3.25. The third-order valence-corrected chi connectivity index (χ3v) is 6.12. The van der Waals surface area contributed by atoms with Crippen LogP contribution < -0.4 is 15.0 Å². The van der Waals surface area contributed by atoms with Crippen molar-refractivity contribution >= 4 is 16.7 Å². The molecule has 1 atom stereocenters. The molecular weight excluding hydrogens is 402 g/mol. The number of carbonyl (C=O) groups excluding carboxylic acids is 1. The fourth-order valence-corrected chi connectivity index (χ4v) is 4.42. The monoisotopic (exact) mass is 432 g/mol. The largest absolute Gasteiger partial charge is 0.473 e. The fourth-order valence-electron chi connectivity index (χ4n) is 3.44. The van der Waals surface area contributed by atoms with Gasteiger partial charge in [0.1, 0.15) is 24.7 Å². The second-order valence-corrected chi connectivity index (χ2v) is 8.81. The number of pyridine rings is 1. The molecule has 162 valence electrons. The number of amides is 1. The number of furan rings is 1. The van der Waals surface area contributed by atoms with Crippen LogP contribution in [0.3, 0.4) is 0 Å². The predicted molar refractivity (Wildman–Crippen MR) is 116 cm³/mol. The number of carbonyl (C=O) groups is 1. The molecule has 0 saturated carbocycles. The lowest BCUT2D eigenvalue weighted by atomic mass is 10.1. The van der Waals surface area contributed by atoms with Gasteiger partial charge in [-0.1, -0.05) is 6.08 Å². The molecule has 30 heavy (non-hydrogen) atoms. The third-order valence-electron chi connectivity index (χ3n) is 4.93. The molecule has 0 spiro atoms. The smallest absolute Gasteiger partial charge is 0.232 e. The number of aromatic nitrogens is 1. The van der Waals surface area contributed by atoms with Gasteiger partial charge in [0.25, 0.3) is 0 Å². The molecule has 2 N–H and O–H groups in total. The minimum absolute atomic E-state index is 0.0405. The number of nitrogens with zero attached hydrogens (tertiary/aromatic N) is 1. The van der Waals surface area contributed by atoms with E-state index in [0.29, 0.717) is 24.8 Å². The van der Waals surface area contributed by atoms with E-state index in [1.54, 1.807) is 23.2 Å². The molecule has 0 bridgehead atoms. The van der Waals surface area contributed by atoms with Gasteiger partial charge in [0.2, 0.25) is 11.8 Å². The van der Waals surface area contributed by atoms with E-state index < -0.39 is 10.8 Å². The van der Waals surface area contributed by atoms with Crippen LogP contribution in [0.25, 0.3) is 0 Å². The Morgan fingerprint density at radius 2 is 2.10 bits per heavy atom. The highest BCUT2D eigenvalue weighted by molar-refractivity contribution is 7.84. The number of ether oxygens (including phenoxy) is 1. The van der Waals surface area contributed by atoms with Gasteiger partial charge in [-0.25, -0.2) is 4.98 Å². The first-order valence-corrected chi connectivity index (χ1v) is 11.9. The highest BCUT2D eigenvalue weighted by atomic mass is 32.2. The molecule has 3 rings (SSSR count). The van der Waals surface area contributed by atoms with Crippen molar-refractivity contribution in [1.82, 2.24) is 10.3 Å². The molecule has 1 aliphatic heterocycles. The summed E-state index contributed by atoms with van der Waals surface area (Å²) in [6, 6.07) is 7.52.